The minimum absolute atomic E-state index is 0.231. The average Bonchev–Trinajstić information content (AvgIpc) is 3.67. The topological polar surface area (TPSA) is 167 Å². The van der Waals surface area contributed by atoms with Crippen LogP contribution in [0.1, 0.15) is 18.1 Å². The van der Waals surface area contributed by atoms with Gasteiger partial charge in [-0.1, -0.05) is 18.2 Å². The van der Waals surface area contributed by atoms with Crippen LogP contribution in [0.5, 0.6) is 0 Å². The summed E-state index contributed by atoms with van der Waals surface area (Å²) >= 11 is 0. The highest BCUT2D eigenvalue weighted by molar-refractivity contribution is 6.26. The van der Waals surface area contributed by atoms with Crippen LogP contribution in [-0.4, -0.2) is 39.6 Å². The van der Waals surface area contributed by atoms with E-state index in [0.29, 0.717) is 23.5 Å². The lowest BCUT2D eigenvalue weighted by atomic mass is 9.76. The number of aromatic amines is 1. The number of para-hydroxylation sites is 1. The first-order chi connectivity index (χ1) is 20.2. The molecule has 2 saturated heterocycles. The van der Waals surface area contributed by atoms with Crippen LogP contribution >= 0.6 is 0 Å². The Morgan fingerprint density at radius 3 is 2.55 bits per heavy atom. The van der Waals surface area contributed by atoms with Crippen LogP contribution in [0.3, 0.4) is 0 Å². The Balaban J connectivity index is 1.35. The number of aromatic nitrogens is 1. The summed E-state index contributed by atoms with van der Waals surface area (Å²) in [5.41, 5.74) is 1.29. The van der Waals surface area contributed by atoms with Crippen molar-refractivity contribution < 1.29 is 24.1 Å². The Labute approximate surface area is 238 Å². The van der Waals surface area contributed by atoms with Crippen LogP contribution in [0.25, 0.3) is 10.9 Å². The van der Waals surface area contributed by atoms with E-state index >= 15 is 0 Å². The number of amides is 4. The fourth-order valence-corrected chi connectivity index (χ4v) is 6.77. The van der Waals surface area contributed by atoms with Gasteiger partial charge >= 0.3 is 0 Å². The van der Waals surface area contributed by atoms with E-state index in [1.807, 2.05) is 30.5 Å². The third-order valence-electron chi connectivity index (χ3n) is 8.47. The monoisotopic (exact) mass is 564 g/mol. The number of nitro groups is 1. The molecule has 0 bridgehead atoms. The number of anilines is 3. The van der Waals surface area contributed by atoms with Crippen molar-refractivity contribution >= 4 is 57.3 Å². The van der Waals surface area contributed by atoms with Crippen molar-refractivity contribution in [3.8, 4) is 0 Å². The van der Waals surface area contributed by atoms with E-state index in [1.54, 1.807) is 24.3 Å². The van der Waals surface area contributed by atoms with Crippen LogP contribution in [0.2, 0.25) is 0 Å². The van der Waals surface area contributed by atoms with Crippen molar-refractivity contribution in [3.63, 3.8) is 0 Å². The summed E-state index contributed by atoms with van der Waals surface area (Å²) in [5, 5.41) is 21.4. The van der Waals surface area contributed by atoms with Gasteiger partial charge in [-0.05, 0) is 48.4 Å². The molecule has 4 N–H and O–H groups in total. The molecule has 2 fully saturated rings. The van der Waals surface area contributed by atoms with E-state index in [4.69, 9.17) is 0 Å². The van der Waals surface area contributed by atoms with Crippen LogP contribution in [0, 0.1) is 22.0 Å². The standard InChI is InChI=1S/C30H24N6O6/c1-15(37)32-17-6-8-18(9-7-17)35-27(38)25-24(12-16-14-31-22-5-3-2-4-20(16)22)34-30(26(25)28(35)39)21-13-19(36(41)42)10-11-23(21)33-29(30)40/h2-11,13-14,24-26,31,34H,12H2,1H3,(H,32,37)(H,33,40)/t24-,25-,26+,30+/m1/s1. The molecule has 210 valence electrons. The fourth-order valence-electron chi connectivity index (χ4n) is 6.77. The molecule has 1 spiro atoms. The van der Waals surface area contributed by atoms with Crippen LogP contribution < -0.4 is 20.9 Å². The number of H-pyrrole nitrogens is 1. The van der Waals surface area contributed by atoms with Crippen molar-refractivity contribution in [3.05, 3.63) is 94.2 Å². The highest BCUT2D eigenvalue weighted by atomic mass is 16.6. The molecule has 42 heavy (non-hydrogen) atoms. The van der Waals surface area contributed by atoms with Crippen molar-refractivity contribution in [2.45, 2.75) is 24.9 Å². The van der Waals surface area contributed by atoms with Gasteiger partial charge in [-0.25, -0.2) is 4.90 Å². The molecule has 3 aliphatic rings. The van der Waals surface area contributed by atoms with Gasteiger partial charge in [0, 0.05) is 59.1 Å². The summed E-state index contributed by atoms with van der Waals surface area (Å²) in [6, 6.07) is 17.4. The predicted molar refractivity (Wildman–Crippen MR) is 153 cm³/mol. The number of rotatable bonds is 5. The van der Waals surface area contributed by atoms with E-state index in [1.165, 1.54) is 25.1 Å². The number of nitrogens with one attached hydrogen (secondary N) is 4. The summed E-state index contributed by atoms with van der Waals surface area (Å²) < 4.78 is 0. The maximum Gasteiger partial charge on any atom is 0.269 e. The van der Waals surface area contributed by atoms with Crippen molar-refractivity contribution in [1.29, 1.82) is 0 Å². The fraction of sp³-hybridized carbons (Fsp3) is 0.200. The molecule has 12 nitrogen and oxygen atoms in total. The van der Waals surface area contributed by atoms with E-state index < -0.39 is 46.1 Å². The molecule has 12 heteroatoms. The number of hydrogen-bond donors (Lipinski definition) is 4. The molecule has 0 unspecified atom stereocenters. The zero-order chi connectivity index (χ0) is 29.3. The Bertz CT molecular complexity index is 1850. The van der Waals surface area contributed by atoms with Gasteiger partial charge in [0.1, 0.15) is 5.54 Å². The quantitative estimate of drug-likeness (QED) is 0.164. The maximum atomic E-state index is 14.2. The number of nitrogens with zero attached hydrogens (tertiary/aromatic N) is 2. The van der Waals surface area contributed by atoms with Crippen LogP contribution in [-0.2, 0) is 31.1 Å². The summed E-state index contributed by atoms with van der Waals surface area (Å²) in [5.74, 6) is -3.95. The number of carbonyl (C=O) groups is 4. The molecule has 0 aliphatic carbocycles. The first kappa shape index (κ1) is 25.6. The molecule has 3 aromatic carbocycles. The normalized spacial score (nSPS) is 24.3. The first-order valence-electron chi connectivity index (χ1n) is 13.4. The lowest BCUT2D eigenvalue weighted by Crippen LogP contribution is -2.53. The van der Waals surface area contributed by atoms with Gasteiger partial charge in [0.05, 0.1) is 22.4 Å². The van der Waals surface area contributed by atoms with Gasteiger partial charge in [0.25, 0.3) is 5.69 Å². The van der Waals surface area contributed by atoms with Crippen molar-refractivity contribution in [1.82, 2.24) is 10.3 Å². The van der Waals surface area contributed by atoms with Gasteiger partial charge in [-0.2, -0.15) is 0 Å². The molecule has 4 atom stereocenters. The van der Waals surface area contributed by atoms with Crippen molar-refractivity contribution in [2.24, 2.45) is 11.8 Å². The second kappa shape index (κ2) is 9.08. The lowest BCUT2D eigenvalue weighted by Gasteiger charge is -2.29. The SMILES string of the molecule is CC(=O)Nc1ccc(N2C(=O)[C@H]3[C@@H](C2=O)[C@]2(N[C@@H]3Cc3c[nH]c4ccccc34)C(=O)Nc3ccc([N+](=O)[O-])cc32)cc1. The second-order valence-corrected chi connectivity index (χ2v) is 10.8. The third-order valence-corrected chi connectivity index (χ3v) is 8.47. The van der Waals surface area contributed by atoms with Gasteiger partial charge in [-0.3, -0.25) is 34.6 Å². The molecule has 4 heterocycles. The Morgan fingerprint density at radius 1 is 1.05 bits per heavy atom. The summed E-state index contributed by atoms with van der Waals surface area (Å²) in [7, 11) is 0. The maximum absolute atomic E-state index is 14.2. The van der Waals surface area contributed by atoms with Crippen LogP contribution in [0.4, 0.5) is 22.7 Å². The molecule has 1 aromatic heterocycles. The zero-order valence-corrected chi connectivity index (χ0v) is 22.2. The van der Waals surface area contributed by atoms with Gasteiger partial charge < -0.3 is 15.6 Å². The first-order valence-corrected chi connectivity index (χ1v) is 13.4. The number of imide groups is 1. The highest BCUT2D eigenvalue weighted by Crippen LogP contribution is 2.54. The summed E-state index contributed by atoms with van der Waals surface area (Å²) in [6.07, 6.45) is 2.17. The predicted octanol–water partition coefficient (Wildman–Crippen LogP) is 3.20. The zero-order valence-electron chi connectivity index (χ0n) is 22.2. The number of nitro benzene ring substituents is 1. The van der Waals surface area contributed by atoms with Crippen molar-refractivity contribution in [2.75, 3.05) is 15.5 Å². The molecular weight excluding hydrogens is 540 g/mol. The Hall–Kier alpha value is -5.36. The number of hydrogen-bond acceptors (Lipinski definition) is 7. The minimum Gasteiger partial charge on any atom is -0.361 e. The highest BCUT2D eigenvalue weighted by Gasteiger charge is 2.70. The van der Waals surface area contributed by atoms with E-state index in [9.17, 15) is 29.3 Å². The summed E-state index contributed by atoms with van der Waals surface area (Å²) in [4.78, 5) is 69.1. The molecule has 3 aliphatic heterocycles. The lowest BCUT2D eigenvalue weighted by molar-refractivity contribution is -0.384. The third kappa shape index (κ3) is 3.58. The largest absolute Gasteiger partial charge is 0.361 e. The molecule has 7 rings (SSSR count). The van der Waals surface area contributed by atoms with Gasteiger partial charge in [0.15, 0.2) is 0 Å². The van der Waals surface area contributed by atoms with E-state index in [-0.39, 0.29) is 17.2 Å². The Kier molecular flexibility index (Phi) is 5.53. The van der Waals surface area contributed by atoms with E-state index in [2.05, 4.69) is 20.9 Å². The smallest absolute Gasteiger partial charge is 0.269 e. The van der Waals surface area contributed by atoms with Crippen LogP contribution in [0.15, 0.2) is 72.9 Å². The molecule has 4 aromatic rings. The Morgan fingerprint density at radius 2 is 1.81 bits per heavy atom. The average molecular weight is 565 g/mol. The van der Waals surface area contributed by atoms with Gasteiger partial charge in [-0.15, -0.1) is 0 Å². The molecule has 0 saturated carbocycles. The number of fused-ring (bicyclic) bond motifs is 5. The van der Waals surface area contributed by atoms with Gasteiger partial charge in [0.2, 0.25) is 23.6 Å². The molecule has 0 radical (unpaired) electrons. The molecular formula is C30H24N6O6. The number of benzene rings is 3. The van der Waals surface area contributed by atoms with E-state index in [0.717, 1.165) is 21.4 Å². The number of non-ortho nitro benzene ring substituents is 1. The minimum atomic E-state index is -1.69. The molecule has 4 amide bonds. The number of carbonyl (C=O) groups excluding carboxylic acids is 4. The summed E-state index contributed by atoms with van der Waals surface area (Å²) in [6.45, 7) is 1.37. The second-order valence-electron chi connectivity index (χ2n) is 10.8.